The van der Waals surface area contributed by atoms with E-state index in [1.54, 1.807) is 7.05 Å². The van der Waals surface area contributed by atoms with Crippen LogP contribution >= 0.6 is 0 Å². The van der Waals surface area contributed by atoms with Crippen LogP contribution in [0.1, 0.15) is 16.2 Å². The lowest BCUT2D eigenvalue weighted by molar-refractivity contribution is 0.0964. The highest BCUT2D eigenvalue weighted by atomic mass is 16.1. The Morgan fingerprint density at radius 3 is 3.00 bits per heavy atom. The smallest absolute Gasteiger partial charge is 0.253 e. The molecule has 1 aromatic carbocycles. The largest absolute Gasteiger partial charge is 0.355 e. The number of carbonyl (C=O) groups is 1. The highest BCUT2D eigenvalue weighted by molar-refractivity contribution is 6.06. The van der Waals surface area contributed by atoms with Gasteiger partial charge in [-0.3, -0.25) is 4.79 Å². The summed E-state index contributed by atoms with van der Waals surface area (Å²) < 4.78 is 2.04. The minimum atomic E-state index is -0.0838. The number of amides is 1. The van der Waals surface area contributed by atoms with Crippen LogP contribution in [-0.2, 0) is 13.0 Å². The van der Waals surface area contributed by atoms with Crippen LogP contribution in [0.4, 0.5) is 0 Å². The maximum atomic E-state index is 11.9. The lowest BCUT2D eigenvalue weighted by Crippen LogP contribution is -2.17. The number of H-pyrrole nitrogens is 1. The number of carbonyl (C=O) groups excluding carboxylic acids is 1. The Bertz CT molecular complexity index is 730. The van der Waals surface area contributed by atoms with E-state index in [0.717, 1.165) is 10.9 Å². The fourth-order valence-electron chi connectivity index (χ4n) is 2.26. The maximum absolute atomic E-state index is 11.9. The minimum absolute atomic E-state index is 0.0838. The second-order valence-corrected chi connectivity index (χ2v) is 4.41. The van der Waals surface area contributed by atoms with E-state index >= 15 is 0 Å². The number of aromatic amines is 1. The summed E-state index contributed by atoms with van der Waals surface area (Å²) in [7, 11) is 1.63. The number of tetrazole rings is 1. The zero-order valence-electron chi connectivity index (χ0n) is 11.0. The predicted octanol–water partition coefficient (Wildman–Crippen LogP) is 0.757. The van der Waals surface area contributed by atoms with Crippen molar-refractivity contribution in [3.63, 3.8) is 0 Å². The topological polar surface area (TPSA) is 88.5 Å². The summed E-state index contributed by atoms with van der Waals surface area (Å²) in [5, 5.41) is 17.4. The fourth-order valence-corrected chi connectivity index (χ4v) is 2.26. The van der Waals surface area contributed by atoms with Gasteiger partial charge in [0.1, 0.15) is 0 Å². The second kappa shape index (κ2) is 5.12. The van der Waals surface area contributed by atoms with Crippen LogP contribution < -0.4 is 5.32 Å². The van der Waals surface area contributed by atoms with Crippen molar-refractivity contribution in [3.8, 4) is 0 Å². The van der Waals surface area contributed by atoms with E-state index in [1.807, 2.05) is 35.0 Å². The quantitative estimate of drug-likeness (QED) is 0.732. The van der Waals surface area contributed by atoms with Crippen LogP contribution in [0.5, 0.6) is 0 Å². The van der Waals surface area contributed by atoms with Gasteiger partial charge in [-0.05, 0) is 6.07 Å². The molecule has 0 saturated heterocycles. The molecule has 7 heteroatoms. The van der Waals surface area contributed by atoms with Gasteiger partial charge in [-0.1, -0.05) is 23.4 Å². The molecule has 2 aromatic heterocycles. The Kier molecular flexibility index (Phi) is 3.16. The standard InChI is InChI=1S/C13H14N6O/c1-14-13(20)10-8-19(7-6-12-15-17-18-16-12)11-5-3-2-4-9(10)11/h2-5,8H,6-7H2,1H3,(H,14,20)(H,15,16,17,18). The summed E-state index contributed by atoms with van der Waals surface area (Å²) >= 11 is 0. The van der Waals surface area contributed by atoms with Gasteiger partial charge in [-0.2, -0.15) is 5.21 Å². The first kappa shape index (κ1) is 12.3. The van der Waals surface area contributed by atoms with Crippen molar-refractivity contribution in [2.24, 2.45) is 0 Å². The Balaban J connectivity index is 1.96. The molecule has 0 unspecified atom stereocenters. The summed E-state index contributed by atoms with van der Waals surface area (Å²) in [5.74, 6) is 0.573. The Labute approximate surface area is 115 Å². The summed E-state index contributed by atoms with van der Waals surface area (Å²) in [6.45, 7) is 0.692. The number of rotatable bonds is 4. The van der Waals surface area contributed by atoms with Crippen molar-refractivity contribution in [2.75, 3.05) is 7.05 Å². The van der Waals surface area contributed by atoms with Crippen molar-refractivity contribution in [2.45, 2.75) is 13.0 Å². The number of nitrogens with one attached hydrogen (secondary N) is 2. The van der Waals surface area contributed by atoms with Crippen molar-refractivity contribution in [1.82, 2.24) is 30.5 Å². The van der Waals surface area contributed by atoms with Crippen LogP contribution in [0.2, 0.25) is 0 Å². The number of aryl methyl sites for hydroxylation is 2. The van der Waals surface area contributed by atoms with E-state index < -0.39 is 0 Å². The zero-order chi connectivity index (χ0) is 13.9. The first-order valence-corrected chi connectivity index (χ1v) is 6.32. The summed E-state index contributed by atoms with van der Waals surface area (Å²) in [4.78, 5) is 11.9. The van der Waals surface area contributed by atoms with Crippen molar-refractivity contribution in [1.29, 1.82) is 0 Å². The Morgan fingerprint density at radius 1 is 1.40 bits per heavy atom. The molecule has 0 atom stereocenters. The SMILES string of the molecule is CNC(=O)c1cn(CCc2nn[nH]n2)c2ccccc12. The number of nitrogens with zero attached hydrogens (tertiary/aromatic N) is 4. The average Bonchev–Trinajstić information content (AvgIpc) is 3.12. The summed E-state index contributed by atoms with van der Waals surface area (Å²) in [6.07, 6.45) is 2.52. The lowest BCUT2D eigenvalue weighted by atomic mass is 10.1. The van der Waals surface area contributed by atoms with Gasteiger partial charge in [0.2, 0.25) is 0 Å². The van der Waals surface area contributed by atoms with Crippen LogP contribution in [0.3, 0.4) is 0 Å². The highest BCUT2D eigenvalue weighted by Crippen LogP contribution is 2.21. The number of aromatic nitrogens is 5. The van der Waals surface area contributed by atoms with Crippen molar-refractivity contribution >= 4 is 16.8 Å². The van der Waals surface area contributed by atoms with Gasteiger partial charge in [-0.15, -0.1) is 10.2 Å². The van der Waals surface area contributed by atoms with Gasteiger partial charge in [0, 0.05) is 37.1 Å². The normalized spacial score (nSPS) is 10.8. The van der Waals surface area contributed by atoms with Crippen LogP contribution in [0.15, 0.2) is 30.5 Å². The number of benzene rings is 1. The molecule has 0 fully saturated rings. The van der Waals surface area contributed by atoms with Gasteiger partial charge in [-0.25, -0.2) is 0 Å². The van der Waals surface area contributed by atoms with E-state index in [1.165, 1.54) is 0 Å². The van der Waals surface area contributed by atoms with Gasteiger partial charge < -0.3 is 9.88 Å². The molecule has 102 valence electrons. The molecule has 2 N–H and O–H groups in total. The first-order valence-electron chi connectivity index (χ1n) is 6.32. The van der Waals surface area contributed by atoms with Gasteiger partial charge in [0.15, 0.2) is 5.82 Å². The molecule has 3 aromatic rings. The van der Waals surface area contributed by atoms with Gasteiger partial charge in [0.05, 0.1) is 5.56 Å². The molecule has 0 spiro atoms. The summed E-state index contributed by atoms with van der Waals surface area (Å²) in [5.41, 5.74) is 1.70. The minimum Gasteiger partial charge on any atom is -0.355 e. The molecule has 0 aliphatic rings. The molecule has 20 heavy (non-hydrogen) atoms. The van der Waals surface area contributed by atoms with Crippen LogP contribution in [-0.4, -0.2) is 38.1 Å². The van der Waals surface area contributed by atoms with E-state index in [0.29, 0.717) is 24.4 Å². The lowest BCUT2D eigenvalue weighted by Gasteiger charge is -2.02. The van der Waals surface area contributed by atoms with Crippen molar-refractivity contribution < 1.29 is 4.79 Å². The molecule has 0 saturated carbocycles. The van der Waals surface area contributed by atoms with E-state index in [2.05, 4.69) is 25.9 Å². The third-order valence-corrected chi connectivity index (χ3v) is 3.23. The number of fused-ring (bicyclic) bond motifs is 1. The van der Waals surface area contributed by atoms with Gasteiger partial charge >= 0.3 is 0 Å². The van der Waals surface area contributed by atoms with Crippen molar-refractivity contribution in [3.05, 3.63) is 41.9 Å². The van der Waals surface area contributed by atoms with Gasteiger partial charge in [0.25, 0.3) is 5.91 Å². The number of hydrogen-bond donors (Lipinski definition) is 2. The van der Waals surface area contributed by atoms with E-state index in [-0.39, 0.29) is 5.91 Å². The van der Waals surface area contributed by atoms with E-state index in [9.17, 15) is 4.79 Å². The molecule has 7 nitrogen and oxygen atoms in total. The molecule has 2 heterocycles. The highest BCUT2D eigenvalue weighted by Gasteiger charge is 2.13. The third kappa shape index (κ3) is 2.13. The average molecular weight is 270 g/mol. The molecule has 0 radical (unpaired) electrons. The first-order chi connectivity index (χ1) is 9.79. The Hall–Kier alpha value is -2.70. The third-order valence-electron chi connectivity index (χ3n) is 3.23. The van der Waals surface area contributed by atoms with Crippen LogP contribution in [0.25, 0.3) is 10.9 Å². The molecule has 0 aliphatic heterocycles. The fraction of sp³-hybridized carbons (Fsp3) is 0.231. The zero-order valence-corrected chi connectivity index (χ0v) is 11.0. The molecule has 1 amide bonds. The molecular formula is C13H14N6O. The second-order valence-electron chi connectivity index (χ2n) is 4.41. The summed E-state index contributed by atoms with van der Waals surface area (Å²) in [6, 6.07) is 7.84. The van der Waals surface area contributed by atoms with E-state index in [4.69, 9.17) is 0 Å². The number of hydrogen-bond acceptors (Lipinski definition) is 4. The van der Waals surface area contributed by atoms with Crippen LogP contribution in [0, 0.1) is 0 Å². The predicted molar refractivity (Wildman–Crippen MR) is 73.2 cm³/mol. The molecule has 0 bridgehead atoms. The monoisotopic (exact) mass is 270 g/mol. The molecule has 3 rings (SSSR count). The Morgan fingerprint density at radius 2 is 2.25 bits per heavy atom. The molecule has 0 aliphatic carbocycles. The number of para-hydroxylation sites is 1. The maximum Gasteiger partial charge on any atom is 0.253 e. The molecular weight excluding hydrogens is 256 g/mol.